The number of hydrogen-bond acceptors (Lipinski definition) is 6. The predicted molar refractivity (Wildman–Crippen MR) is 104 cm³/mol. The van der Waals surface area contributed by atoms with Crippen molar-refractivity contribution in [1.29, 1.82) is 0 Å². The second kappa shape index (κ2) is 8.98. The fraction of sp³-hybridized carbons (Fsp3) is 0.556. The van der Waals surface area contributed by atoms with Crippen molar-refractivity contribution in [2.24, 2.45) is 18.0 Å². The number of nitrogens with one attached hydrogen (secondary N) is 1. The van der Waals surface area contributed by atoms with Crippen LogP contribution in [0.15, 0.2) is 22.5 Å². The van der Waals surface area contributed by atoms with Gasteiger partial charge in [0.15, 0.2) is 11.8 Å². The van der Waals surface area contributed by atoms with Gasteiger partial charge in [0.05, 0.1) is 19.6 Å². The van der Waals surface area contributed by atoms with Gasteiger partial charge in [0, 0.05) is 25.0 Å². The molecule has 8 nitrogen and oxygen atoms in total. The molecule has 0 aromatic carbocycles. The summed E-state index contributed by atoms with van der Waals surface area (Å²) in [6.07, 6.45) is 1.55. The number of esters is 1. The first kappa shape index (κ1) is 19.3. The molecule has 0 atom stereocenters. The summed E-state index contributed by atoms with van der Waals surface area (Å²) in [6, 6.07) is 4.15. The van der Waals surface area contributed by atoms with Crippen molar-refractivity contribution in [2.45, 2.75) is 32.9 Å². The molecular weight excluding hydrogens is 364 g/mol. The monoisotopic (exact) mass is 390 g/mol. The number of carbonyl (C=O) groups is 1. The van der Waals surface area contributed by atoms with Crippen LogP contribution in [0.3, 0.4) is 0 Å². The number of aromatic nitrogens is 3. The van der Waals surface area contributed by atoms with Crippen molar-refractivity contribution in [3.05, 3.63) is 34.0 Å². The van der Waals surface area contributed by atoms with Gasteiger partial charge in [-0.15, -0.1) is 21.5 Å². The number of piperidine rings is 1. The highest BCUT2D eigenvalue weighted by molar-refractivity contribution is 7.09. The Bertz CT molecular complexity index is 778. The van der Waals surface area contributed by atoms with Crippen LogP contribution in [-0.4, -0.2) is 51.8 Å². The van der Waals surface area contributed by atoms with E-state index >= 15 is 0 Å². The average molecular weight is 391 g/mol. The fourth-order valence-electron chi connectivity index (χ4n) is 3.07. The molecule has 0 aliphatic carbocycles. The van der Waals surface area contributed by atoms with Crippen LogP contribution < -0.4 is 5.32 Å². The van der Waals surface area contributed by atoms with Crippen LogP contribution in [0.25, 0.3) is 0 Å². The van der Waals surface area contributed by atoms with E-state index in [9.17, 15) is 4.79 Å². The van der Waals surface area contributed by atoms with Crippen molar-refractivity contribution >= 4 is 23.3 Å². The van der Waals surface area contributed by atoms with Crippen LogP contribution in [0, 0.1) is 12.8 Å². The highest BCUT2D eigenvalue weighted by atomic mass is 32.1. The Morgan fingerprint density at radius 3 is 2.78 bits per heavy atom. The molecule has 1 N–H and O–H groups in total. The zero-order valence-corrected chi connectivity index (χ0v) is 16.8. The van der Waals surface area contributed by atoms with Crippen molar-refractivity contribution in [3.8, 4) is 0 Å². The summed E-state index contributed by atoms with van der Waals surface area (Å²) in [5.74, 6) is 2.40. The third-order valence-corrected chi connectivity index (χ3v) is 5.76. The predicted octanol–water partition coefficient (Wildman–Crippen LogP) is 1.72. The molecular formula is C18H26N6O2S. The second-order valence-corrected chi connectivity index (χ2v) is 7.61. The quantitative estimate of drug-likeness (QED) is 0.475. The molecule has 2 aromatic rings. The van der Waals surface area contributed by atoms with E-state index in [0.717, 1.165) is 50.1 Å². The normalized spacial score (nSPS) is 15.8. The minimum absolute atomic E-state index is 0.0221. The molecule has 3 heterocycles. The maximum absolute atomic E-state index is 11.8. The molecule has 146 valence electrons. The molecule has 0 unspecified atom stereocenters. The topological polar surface area (TPSA) is 84.6 Å². The zero-order chi connectivity index (χ0) is 19.2. The third-order valence-electron chi connectivity index (χ3n) is 4.88. The first-order valence-corrected chi connectivity index (χ1v) is 9.94. The van der Waals surface area contributed by atoms with Gasteiger partial charge in [0.2, 0.25) is 0 Å². The van der Waals surface area contributed by atoms with Gasteiger partial charge in [-0.05, 0) is 31.2 Å². The molecule has 0 amide bonds. The van der Waals surface area contributed by atoms with Gasteiger partial charge in [-0.1, -0.05) is 6.07 Å². The lowest BCUT2D eigenvalue weighted by Gasteiger charge is -2.33. The smallest absolute Gasteiger partial charge is 0.308 e. The number of guanidine groups is 1. The van der Waals surface area contributed by atoms with Gasteiger partial charge in [0.25, 0.3) is 0 Å². The lowest BCUT2D eigenvalue weighted by Crippen LogP contribution is -2.46. The standard InChI is InChI=1S/C18H26N6O2S/c1-13-21-22-16(23(13)2)12-20-18(19-11-15-5-4-10-27-15)24-8-6-14(7-9-24)17(25)26-3/h4-5,10,14H,6-9,11-12H2,1-3H3,(H,19,20). The van der Waals surface area contributed by atoms with E-state index in [0.29, 0.717) is 6.54 Å². The number of hydrogen-bond donors (Lipinski definition) is 1. The van der Waals surface area contributed by atoms with E-state index in [1.54, 1.807) is 11.3 Å². The molecule has 9 heteroatoms. The van der Waals surface area contributed by atoms with Crippen molar-refractivity contribution in [1.82, 2.24) is 25.0 Å². The number of methoxy groups -OCH3 is 1. The Morgan fingerprint density at radius 1 is 1.41 bits per heavy atom. The van der Waals surface area contributed by atoms with E-state index in [1.807, 2.05) is 24.6 Å². The average Bonchev–Trinajstić information content (AvgIpc) is 3.32. The molecule has 1 fully saturated rings. The Labute approximate surface area is 163 Å². The highest BCUT2D eigenvalue weighted by Gasteiger charge is 2.27. The summed E-state index contributed by atoms with van der Waals surface area (Å²) in [5, 5.41) is 13.8. The van der Waals surface area contributed by atoms with Crippen LogP contribution >= 0.6 is 11.3 Å². The molecule has 0 radical (unpaired) electrons. The van der Waals surface area contributed by atoms with Gasteiger partial charge in [-0.2, -0.15) is 0 Å². The van der Waals surface area contributed by atoms with Crippen LogP contribution in [0.1, 0.15) is 29.4 Å². The Morgan fingerprint density at radius 2 is 2.19 bits per heavy atom. The van der Waals surface area contributed by atoms with E-state index in [2.05, 4.69) is 31.9 Å². The van der Waals surface area contributed by atoms with Crippen molar-refractivity contribution in [2.75, 3.05) is 20.2 Å². The minimum atomic E-state index is -0.116. The maximum atomic E-state index is 11.8. The SMILES string of the molecule is COC(=O)C1CCN(C(=NCc2nnc(C)n2C)NCc2cccs2)CC1. The summed E-state index contributed by atoms with van der Waals surface area (Å²) in [4.78, 5) is 20.0. The van der Waals surface area contributed by atoms with Gasteiger partial charge >= 0.3 is 5.97 Å². The largest absolute Gasteiger partial charge is 0.469 e. The third kappa shape index (κ3) is 4.85. The molecule has 0 spiro atoms. The molecule has 1 aliphatic rings. The first-order chi connectivity index (χ1) is 13.1. The van der Waals surface area contributed by atoms with Crippen molar-refractivity contribution < 1.29 is 9.53 Å². The van der Waals surface area contributed by atoms with E-state index < -0.39 is 0 Å². The van der Waals surface area contributed by atoms with Crippen molar-refractivity contribution in [3.63, 3.8) is 0 Å². The molecule has 2 aromatic heterocycles. The number of likely N-dealkylation sites (tertiary alicyclic amines) is 1. The van der Waals surface area contributed by atoms with Crippen LogP contribution in [0.5, 0.6) is 0 Å². The van der Waals surface area contributed by atoms with Crippen LogP contribution in [0.2, 0.25) is 0 Å². The Balaban J connectivity index is 1.68. The molecule has 1 saturated heterocycles. The molecule has 0 saturated carbocycles. The molecule has 0 bridgehead atoms. The number of thiophene rings is 1. The first-order valence-electron chi connectivity index (χ1n) is 9.07. The molecule has 27 heavy (non-hydrogen) atoms. The lowest BCUT2D eigenvalue weighted by atomic mass is 9.97. The zero-order valence-electron chi connectivity index (χ0n) is 16.0. The van der Waals surface area contributed by atoms with Gasteiger partial charge in [0.1, 0.15) is 12.4 Å². The molecule has 3 rings (SSSR count). The van der Waals surface area contributed by atoms with Gasteiger partial charge in [-0.25, -0.2) is 4.99 Å². The van der Waals surface area contributed by atoms with E-state index in [-0.39, 0.29) is 11.9 Å². The highest BCUT2D eigenvalue weighted by Crippen LogP contribution is 2.19. The summed E-state index contributed by atoms with van der Waals surface area (Å²) >= 11 is 1.72. The molecule has 1 aliphatic heterocycles. The fourth-order valence-corrected chi connectivity index (χ4v) is 3.72. The summed E-state index contributed by atoms with van der Waals surface area (Å²) in [6.45, 7) is 4.65. The second-order valence-electron chi connectivity index (χ2n) is 6.58. The number of ether oxygens (including phenoxy) is 1. The lowest BCUT2D eigenvalue weighted by molar-refractivity contribution is -0.146. The number of carbonyl (C=O) groups excluding carboxylic acids is 1. The Kier molecular flexibility index (Phi) is 6.44. The summed E-state index contributed by atoms with van der Waals surface area (Å²) in [7, 11) is 3.40. The number of rotatable bonds is 5. The number of aryl methyl sites for hydroxylation is 1. The number of aliphatic imine (C=N–C) groups is 1. The van der Waals surface area contributed by atoms with E-state index in [1.165, 1.54) is 12.0 Å². The number of nitrogens with zero attached hydrogens (tertiary/aromatic N) is 5. The summed E-state index contributed by atoms with van der Waals surface area (Å²) < 4.78 is 6.83. The van der Waals surface area contributed by atoms with Crippen LogP contribution in [0.4, 0.5) is 0 Å². The van der Waals surface area contributed by atoms with E-state index in [4.69, 9.17) is 9.73 Å². The van der Waals surface area contributed by atoms with Gasteiger partial charge in [-0.3, -0.25) is 4.79 Å². The Hall–Kier alpha value is -2.42. The minimum Gasteiger partial charge on any atom is -0.469 e. The maximum Gasteiger partial charge on any atom is 0.308 e. The summed E-state index contributed by atoms with van der Waals surface area (Å²) in [5.41, 5.74) is 0. The van der Waals surface area contributed by atoms with Gasteiger partial charge < -0.3 is 19.5 Å². The van der Waals surface area contributed by atoms with Crippen LogP contribution in [-0.2, 0) is 29.7 Å².